The summed E-state index contributed by atoms with van der Waals surface area (Å²) in [5.74, 6) is 0.615. The number of carbonyl (C=O) groups excluding carboxylic acids is 3. The summed E-state index contributed by atoms with van der Waals surface area (Å²) in [4.78, 5) is 37.7. The van der Waals surface area contributed by atoms with Crippen molar-refractivity contribution in [3.05, 3.63) is 60.2 Å². The summed E-state index contributed by atoms with van der Waals surface area (Å²) in [5, 5.41) is -0.412. The van der Waals surface area contributed by atoms with E-state index in [0.717, 1.165) is 0 Å². The van der Waals surface area contributed by atoms with Crippen LogP contribution in [0.25, 0.3) is 0 Å². The van der Waals surface area contributed by atoms with Crippen LogP contribution in [0.15, 0.2) is 54.6 Å². The summed E-state index contributed by atoms with van der Waals surface area (Å²) >= 11 is 1.45. The van der Waals surface area contributed by atoms with E-state index in [4.69, 9.17) is 14.2 Å². The van der Waals surface area contributed by atoms with Crippen LogP contribution in [0, 0.1) is 0 Å². The van der Waals surface area contributed by atoms with E-state index in [9.17, 15) is 14.4 Å². The Balaban J connectivity index is 1.50. The number of rotatable bonds is 6. The van der Waals surface area contributed by atoms with Crippen molar-refractivity contribution in [2.45, 2.75) is 5.25 Å². The van der Waals surface area contributed by atoms with Gasteiger partial charge in [0, 0.05) is 18.8 Å². The molecule has 1 amide bonds. The second kappa shape index (κ2) is 9.97. The minimum absolute atomic E-state index is 0.249. The van der Waals surface area contributed by atoms with Gasteiger partial charge < -0.3 is 19.1 Å². The standard InChI is InChI=1S/C21H21NO6S/c1-26-21(25)18-13-22(11-12-29-18)19(23)14-27-20(24)15-7-9-17(10-8-15)28-16-5-3-2-4-6-16/h2-10,18H,11-14H2,1H3/t18-/m1/s1. The number of esters is 2. The van der Waals surface area contributed by atoms with Crippen LogP contribution < -0.4 is 4.74 Å². The van der Waals surface area contributed by atoms with Gasteiger partial charge in [0.05, 0.1) is 12.7 Å². The second-order valence-corrected chi connectivity index (χ2v) is 7.55. The topological polar surface area (TPSA) is 82.1 Å². The summed E-state index contributed by atoms with van der Waals surface area (Å²) in [7, 11) is 1.32. The predicted octanol–water partition coefficient (Wildman–Crippen LogP) is 2.75. The van der Waals surface area contributed by atoms with Crippen LogP contribution in [-0.4, -0.2) is 60.6 Å². The minimum atomic E-state index is -0.597. The molecule has 8 heteroatoms. The largest absolute Gasteiger partial charge is 0.468 e. The fourth-order valence-electron chi connectivity index (χ4n) is 2.74. The SMILES string of the molecule is COC(=O)[C@H]1CN(C(=O)COC(=O)c2ccc(Oc3ccccc3)cc2)CCS1. The summed E-state index contributed by atoms with van der Waals surface area (Å²) < 4.78 is 15.5. The van der Waals surface area contributed by atoms with Gasteiger partial charge in [0.2, 0.25) is 0 Å². The number of para-hydroxylation sites is 1. The monoisotopic (exact) mass is 415 g/mol. The molecule has 0 unspecified atom stereocenters. The molecular weight excluding hydrogens is 394 g/mol. The molecule has 7 nitrogen and oxygen atoms in total. The molecule has 3 rings (SSSR count). The highest BCUT2D eigenvalue weighted by molar-refractivity contribution is 8.00. The molecule has 29 heavy (non-hydrogen) atoms. The molecule has 2 aromatic carbocycles. The maximum Gasteiger partial charge on any atom is 0.338 e. The first kappa shape index (κ1) is 20.7. The maximum absolute atomic E-state index is 12.3. The lowest BCUT2D eigenvalue weighted by Crippen LogP contribution is -2.46. The average Bonchev–Trinajstić information content (AvgIpc) is 2.78. The maximum atomic E-state index is 12.3. The van der Waals surface area contributed by atoms with E-state index >= 15 is 0 Å². The zero-order chi connectivity index (χ0) is 20.6. The number of carbonyl (C=O) groups is 3. The summed E-state index contributed by atoms with van der Waals surface area (Å²) in [5.41, 5.74) is 0.319. The van der Waals surface area contributed by atoms with Gasteiger partial charge in [-0.15, -0.1) is 11.8 Å². The van der Waals surface area contributed by atoms with E-state index in [0.29, 0.717) is 29.4 Å². The Labute approximate surface area is 172 Å². The fourth-order valence-corrected chi connectivity index (χ4v) is 3.86. The zero-order valence-electron chi connectivity index (χ0n) is 15.9. The summed E-state index contributed by atoms with van der Waals surface area (Å²) in [6.07, 6.45) is 0. The van der Waals surface area contributed by atoms with Crippen LogP contribution in [0.5, 0.6) is 11.5 Å². The molecule has 152 valence electrons. The van der Waals surface area contributed by atoms with Crippen molar-refractivity contribution < 1.29 is 28.6 Å². The number of methoxy groups -OCH3 is 1. The van der Waals surface area contributed by atoms with Gasteiger partial charge in [0.1, 0.15) is 16.7 Å². The van der Waals surface area contributed by atoms with E-state index in [2.05, 4.69) is 0 Å². The van der Waals surface area contributed by atoms with E-state index in [-0.39, 0.29) is 25.0 Å². The number of amides is 1. The Morgan fingerprint density at radius 2 is 1.72 bits per heavy atom. The molecule has 1 fully saturated rings. The highest BCUT2D eigenvalue weighted by Crippen LogP contribution is 2.22. The molecule has 1 atom stereocenters. The number of thioether (sulfide) groups is 1. The van der Waals surface area contributed by atoms with Crippen molar-refractivity contribution in [1.29, 1.82) is 0 Å². The first-order chi connectivity index (χ1) is 14.1. The lowest BCUT2D eigenvalue weighted by Gasteiger charge is -2.30. The molecular formula is C21H21NO6S. The average molecular weight is 415 g/mol. The number of ether oxygens (including phenoxy) is 3. The van der Waals surface area contributed by atoms with Crippen LogP contribution in [0.2, 0.25) is 0 Å². The Morgan fingerprint density at radius 1 is 1.03 bits per heavy atom. The molecule has 0 radical (unpaired) electrons. The van der Waals surface area contributed by atoms with Gasteiger partial charge in [0.25, 0.3) is 5.91 Å². The van der Waals surface area contributed by atoms with Gasteiger partial charge in [0.15, 0.2) is 6.61 Å². The molecule has 1 aliphatic heterocycles. The van der Waals surface area contributed by atoms with Crippen molar-refractivity contribution in [2.24, 2.45) is 0 Å². The molecule has 1 heterocycles. The van der Waals surface area contributed by atoms with Crippen molar-refractivity contribution >= 4 is 29.6 Å². The van der Waals surface area contributed by atoms with Crippen LogP contribution in [0.3, 0.4) is 0 Å². The lowest BCUT2D eigenvalue weighted by molar-refractivity contribution is -0.141. The van der Waals surface area contributed by atoms with E-state index in [1.54, 1.807) is 24.3 Å². The zero-order valence-corrected chi connectivity index (χ0v) is 16.7. The smallest absolute Gasteiger partial charge is 0.338 e. The Kier molecular flexibility index (Phi) is 7.13. The third-order valence-electron chi connectivity index (χ3n) is 4.28. The van der Waals surface area contributed by atoms with Gasteiger partial charge in [-0.3, -0.25) is 9.59 Å². The van der Waals surface area contributed by atoms with Crippen molar-refractivity contribution in [3.63, 3.8) is 0 Å². The Hall–Kier alpha value is -3.00. The van der Waals surface area contributed by atoms with Gasteiger partial charge >= 0.3 is 11.9 Å². The van der Waals surface area contributed by atoms with Crippen LogP contribution >= 0.6 is 11.8 Å². The van der Waals surface area contributed by atoms with E-state index < -0.39 is 11.2 Å². The van der Waals surface area contributed by atoms with Crippen LogP contribution in [-0.2, 0) is 19.1 Å². The number of benzene rings is 2. The van der Waals surface area contributed by atoms with Gasteiger partial charge in [-0.1, -0.05) is 18.2 Å². The molecule has 1 saturated heterocycles. The normalized spacial score (nSPS) is 16.0. The fraction of sp³-hybridized carbons (Fsp3) is 0.286. The van der Waals surface area contributed by atoms with Crippen molar-refractivity contribution in [1.82, 2.24) is 4.90 Å². The molecule has 0 aliphatic carbocycles. The van der Waals surface area contributed by atoms with Gasteiger partial charge in [-0.2, -0.15) is 0 Å². The third kappa shape index (κ3) is 5.74. The second-order valence-electron chi connectivity index (χ2n) is 6.24. The minimum Gasteiger partial charge on any atom is -0.468 e. The highest BCUT2D eigenvalue weighted by atomic mass is 32.2. The molecule has 2 aromatic rings. The van der Waals surface area contributed by atoms with Crippen LogP contribution in [0.1, 0.15) is 10.4 Å². The Bertz CT molecular complexity index is 855. The predicted molar refractivity (Wildman–Crippen MR) is 108 cm³/mol. The molecule has 0 bridgehead atoms. The van der Waals surface area contributed by atoms with Crippen molar-refractivity contribution in [2.75, 3.05) is 32.6 Å². The first-order valence-electron chi connectivity index (χ1n) is 9.04. The quantitative estimate of drug-likeness (QED) is 0.671. The van der Waals surface area contributed by atoms with Crippen LogP contribution in [0.4, 0.5) is 0 Å². The molecule has 0 N–H and O–H groups in total. The lowest BCUT2D eigenvalue weighted by atomic mass is 10.2. The highest BCUT2D eigenvalue weighted by Gasteiger charge is 2.30. The van der Waals surface area contributed by atoms with Gasteiger partial charge in [-0.25, -0.2) is 4.79 Å². The molecule has 0 saturated carbocycles. The first-order valence-corrected chi connectivity index (χ1v) is 10.1. The molecule has 1 aliphatic rings. The third-order valence-corrected chi connectivity index (χ3v) is 5.44. The number of nitrogens with zero attached hydrogens (tertiary/aromatic N) is 1. The van der Waals surface area contributed by atoms with Gasteiger partial charge in [-0.05, 0) is 36.4 Å². The number of hydrogen-bond donors (Lipinski definition) is 0. The van der Waals surface area contributed by atoms with E-state index in [1.807, 2.05) is 30.3 Å². The summed E-state index contributed by atoms with van der Waals surface area (Å²) in [6, 6.07) is 15.8. The Morgan fingerprint density at radius 3 is 2.41 bits per heavy atom. The molecule has 0 spiro atoms. The molecule has 0 aromatic heterocycles. The van der Waals surface area contributed by atoms with Crippen molar-refractivity contribution in [3.8, 4) is 11.5 Å². The number of hydrogen-bond acceptors (Lipinski definition) is 7. The summed E-state index contributed by atoms with van der Waals surface area (Å²) in [6.45, 7) is 0.374. The van der Waals surface area contributed by atoms with E-state index in [1.165, 1.54) is 23.8 Å².